The van der Waals surface area contributed by atoms with E-state index in [1.165, 1.54) is 218 Å². The Hall–Kier alpha value is -3.53. The Morgan fingerprint density at radius 3 is 0.977 bits per heavy atom. The summed E-state index contributed by atoms with van der Waals surface area (Å²) in [4.78, 5) is 37.5. The lowest BCUT2D eigenvalue weighted by Crippen LogP contribution is -2.44. The van der Waals surface area contributed by atoms with Gasteiger partial charge >= 0.3 is 11.9 Å². The number of hydrogen-bond acceptors (Lipinski definition) is 8. The van der Waals surface area contributed by atoms with Crippen LogP contribution in [0.4, 0.5) is 0 Å². The Morgan fingerprint density at radius 1 is 0.356 bits per heavy atom. The maximum atomic E-state index is 12.9. The molecule has 2 unspecified atom stereocenters. The third-order valence-corrected chi connectivity index (χ3v) is 16.1. The van der Waals surface area contributed by atoms with Gasteiger partial charge in [-0.25, -0.2) is 0 Å². The van der Waals surface area contributed by atoms with Crippen LogP contribution in [-0.2, 0) is 33.3 Å². The fourth-order valence-corrected chi connectivity index (χ4v) is 10.5. The molecule has 87 heavy (non-hydrogen) atoms. The van der Waals surface area contributed by atoms with Crippen LogP contribution in [0.15, 0.2) is 85.1 Å². The minimum absolute atomic E-state index is 0.146. The van der Waals surface area contributed by atoms with Crippen molar-refractivity contribution in [2.75, 3.05) is 47.5 Å². The molecule has 0 aliphatic carbocycles. The van der Waals surface area contributed by atoms with Crippen LogP contribution in [0.2, 0.25) is 0 Å². The Bertz CT molecular complexity index is 1700. The maximum Gasteiger partial charge on any atom is 0.306 e. The summed E-state index contributed by atoms with van der Waals surface area (Å²) in [5.41, 5.74) is 0. The number of quaternary nitrogens is 1. The van der Waals surface area contributed by atoms with Gasteiger partial charge in [0.05, 0.1) is 40.3 Å². The van der Waals surface area contributed by atoms with E-state index in [1.807, 2.05) is 21.1 Å². The lowest BCUT2D eigenvalue weighted by molar-refractivity contribution is -0.870. The highest BCUT2D eigenvalue weighted by Gasteiger charge is 2.22. The van der Waals surface area contributed by atoms with Crippen LogP contribution in [0.25, 0.3) is 0 Å². The van der Waals surface area contributed by atoms with E-state index in [1.54, 1.807) is 0 Å². The van der Waals surface area contributed by atoms with Gasteiger partial charge in [-0.15, -0.1) is 0 Å². The van der Waals surface area contributed by atoms with Gasteiger partial charge in [0.15, 0.2) is 12.4 Å². The number of ether oxygens (including phenoxy) is 4. The molecule has 9 heteroatoms. The fraction of sp³-hybridized carbons (Fsp3) is 0.782. The number of esters is 2. The van der Waals surface area contributed by atoms with Crippen molar-refractivity contribution in [2.24, 2.45) is 0 Å². The van der Waals surface area contributed by atoms with Crippen LogP contribution >= 0.6 is 0 Å². The summed E-state index contributed by atoms with van der Waals surface area (Å²) >= 11 is 0. The van der Waals surface area contributed by atoms with E-state index in [9.17, 15) is 19.5 Å². The molecular formula is C78H139NO8. The number of rotatable bonds is 68. The first-order chi connectivity index (χ1) is 42.6. The van der Waals surface area contributed by atoms with E-state index in [0.717, 1.165) is 83.5 Å². The van der Waals surface area contributed by atoms with Gasteiger partial charge in [-0.3, -0.25) is 9.59 Å². The zero-order chi connectivity index (χ0) is 63.3. The average molecular weight is 1220 g/mol. The monoisotopic (exact) mass is 1220 g/mol. The highest BCUT2D eigenvalue weighted by molar-refractivity contribution is 5.70. The summed E-state index contributed by atoms with van der Waals surface area (Å²) in [6.45, 7) is 4.65. The second-order valence-corrected chi connectivity index (χ2v) is 25.9. The molecule has 0 saturated carbocycles. The zero-order valence-electron chi connectivity index (χ0n) is 57.6. The molecule has 0 aliphatic rings. The summed E-state index contributed by atoms with van der Waals surface area (Å²) in [5.74, 6) is -2.28. The summed E-state index contributed by atoms with van der Waals surface area (Å²) < 4.78 is 22.8. The van der Waals surface area contributed by atoms with Crippen LogP contribution in [0.3, 0.4) is 0 Å². The first-order valence-electron chi connectivity index (χ1n) is 36.7. The van der Waals surface area contributed by atoms with E-state index in [4.69, 9.17) is 18.9 Å². The number of carboxylic acids is 1. The van der Waals surface area contributed by atoms with Crippen LogP contribution in [0, 0.1) is 0 Å². The van der Waals surface area contributed by atoms with Gasteiger partial charge in [0.2, 0.25) is 0 Å². The van der Waals surface area contributed by atoms with Crippen molar-refractivity contribution in [1.29, 1.82) is 0 Å². The highest BCUT2D eigenvalue weighted by atomic mass is 16.7. The highest BCUT2D eigenvalue weighted by Crippen LogP contribution is 2.18. The number of carbonyl (C=O) groups is 3. The second kappa shape index (κ2) is 68.4. The molecule has 0 aromatic carbocycles. The van der Waals surface area contributed by atoms with E-state index < -0.39 is 24.3 Å². The van der Waals surface area contributed by atoms with Gasteiger partial charge < -0.3 is 33.3 Å². The van der Waals surface area contributed by atoms with Gasteiger partial charge in [0.1, 0.15) is 13.2 Å². The predicted octanol–water partition coefficient (Wildman–Crippen LogP) is 21.7. The molecule has 0 N–H and O–H groups in total. The lowest BCUT2D eigenvalue weighted by atomic mass is 10.0. The van der Waals surface area contributed by atoms with Gasteiger partial charge in [0.25, 0.3) is 0 Å². The minimum Gasteiger partial charge on any atom is -0.545 e. The standard InChI is InChI=1S/C78H139NO8/c1-6-8-10-12-14-16-18-20-22-24-26-28-30-31-32-33-34-35-36-37-38-39-40-41-42-43-44-45-47-49-51-53-55-57-59-61-63-65-67-69-76(81)87-74(73-86-78(77(82)83)84-71-70-79(3,4)5)72-85-75(80)68-66-64-62-60-58-56-54-52-50-48-46-29-27-25-23-21-19-17-15-13-11-9-7-2/h8,10,14,16,19-22,25-28,46,48,74,78H,6-7,9,11-13,15,17-18,23-24,29-45,47,49-73H2,1-5H3/b10-8-,16-14-,21-19-,22-20-,27-25-,28-26-,48-46-. The number of likely N-dealkylation sites (N-methyl/N-ethyl adjacent to an activating group) is 1. The molecule has 0 aliphatic heterocycles. The molecule has 0 aromatic rings. The molecular weight excluding hydrogens is 1080 g/mol. The lowest BCUT2D eigenvalue weighted by Gasteiger charge is -2.26. The molecule has 2 atom stereocenters. The molecule has 0 rings (SSSR count). The van der Waals surface area contributed by atoms with Crippen molar-refractivity contribution in [3.63, 3.8) is 0 Å². The molecule has 0 fully saturated rings. The zero-order valence-corrected chi connectivity index (χ0v) is 57.6. The Morgan fingerprint density at radius 2 is 0.655 bits per heavy atom. The van der Waals surface area contributed by atoms with Crippen molar-refractivity contribution in [1.82, 2.24) is 0 Å². The van der Waals surface area contributed by atoms with Crippen molar-refractivity contribution in [3.05, 3.63) is 85.1 Å². The number of carboxylic acid groups (broad SMARTS) is 1. The number of carbonyl (C=O) groups excluding carboxylic acids is 3. The topological polar surface area (TPSA) is 111 Å². The molecule has 0 heterocycles. The van der Waals surface area contributed by atoms with Crippen LogP contribution in [0.5, 0.6) is 0 Å². The molecule has 0 aromatic heterocycles. The third-order valence-electron chi connectivity index (χ3n) is 16.1. The first kappa shape index (κ1) is 83.5. The van der Waals surface area contributed by atoms with Crippen LogP contribution < -0.4 is 5.11 Å². The SMILES string of the molecule is CC/C=C\C/C=C\C/C=C\C/C=C\CCCCCCCCCCCCCCCCCCCCCCCCCCCCC(=O)OC(COC(=O)CCCCCCCCCC/C=C\C/C=C\C/C=C\CCCCCCC)COC(OCC[N+](C)(C)C)C(=O)[O-]. The van der Waals surface area contributed by atoms with Gasteiger partial charge in [-0.1, -0.05) is 317 Å². The molecule has 0 radical (unpaired) electrons. The van der Waals surface area contributed by atoms with E-state index in [0.29, 0.717) is 17.4 Å². The molecule has 0 amide bonds. The van der Waals surface area contributed by atoms with Crippen molar-refractivity contribution in [2.45, 2.75) is 347 Å². The van der Waals surface area contributed by atoms with Crippen molar-refractivity contribution in [3.8, 4) is 0 Å². The van der Waals surface area contributed by atoms with Crippen molar-refractivity contribution >= 4 is 17.9 Å². The van der Waals surface area contributed by atoms with Gasteiger partial charge in [0, 0.05) is 12.8 Å². The summed E-state index contributed by atoms with van der Waals surface area (Å²) in [6, 6.07) is 0. The Balaban J connectivity index is 4.01. The van der Waals surface area contributed by atoms with Gasteiger partial charge in [-0.2, -0.15) is 0 Å². The maximum absolute atomic E-state index is 12.9. The Kier molecular flexibility index (Phi) is 65.6. The Labute approximate surface area is 538 Å². The smallest absolute Gasteiger partial charge is 0.306 e. The second-order valence-electron chi connectivity index (χ2n) is 25.9. The van der Waals surface area contributed by atoms with Crippen molar-refractivity contribution < 1.29 is 42.9 Å². The van der Waals surface area contributed by atoms with E-state index in [-0.39, 0.29) is 38.6 Å². The molecule has 504 valence electrons. The number of unbranched alkanes of at least 4 members (excludes halogenated alkanes) is 39. The molecule has 0 bridgehead atoms. The minimum atomic E-state index is -1.63. The average Bonchev–Trinajstić information content (AvgIpc) is 3.55. The normalized spacial score (nSPS) is 13.2. The fourth-order valence-electron chi connectivity index (χ4n) is 10.5. The predicted molar refractivity (Wildman–Crippen MR) is 371 cm³/mol. The van der Waals surface area contributed by atoms with E-state index >= 15 is 0 Å². The third kappa shape index (κ3) is 69.8. The molecule has 0 spiro atoms. The first-order valence-corrected chi connectivity index (χ1v) is 36.7. The molecule has 0 saturated heterocycles. The number of hydrogen-bond donors (Lipinski definition) is 0. The summed E-state index contributed by atoms with van der Waals surface area (Å²) in [7, 11) is 5.93. The van der Waals surface area contributed by atoms with Crippen LogP contribution in [0.1, 0.15) is 335 Å². The quantitative estimate of drug-likeness (QED) is 0.0195. The number of aliphatic carboxylic acids is 1. The summed E-state index contributed by atoms with van der Waals surface area (Å²) in [6.07, 6.45) is 89.7. The molecule has 9 nitrogen and oxygen atoms in total. The largest absolute Gasteiger partial charge is 0.545 e. The number of nitrogens with zero attached hydrogens (tertiary/aromatic N) is 1. The van der Waals surface area contributed by atoms with Crippen LogP contribution in [-0.4, -0.2) is 82.3 Å². The van der Waals surface area contributed by atoms with E-state index in [2.05, 4.69) is 98.9 Å². The van der Waals surface area contributed by atoms with Gasteiger partial charge in [-0.05, 0) is 89.9 Å². The summed E-state index contributed by atoms with van der Waals surface area (Å²) in [5, 5.41) is 11.8. The number of allylic oxidation sites excluding steroid dienone is 14.